The molecule has 2 rings (SSSR count). The van der Waals surface area contributed by atoms with E-state index < -0.39 is 10.1 Å². The Morgan fingerprint density at radius 2 is 1.93 bits per heavy atom. The first-order valence-corrected chi connectivity index (χ1v) is 5.30. The van der Waals surface area contributed by atoms with Gasteiger partial charge in [-0.25, -0.2) is 0 Å². The second-order valence-corrected chi connectivity index (χ2v) is 4.21. The van der Waals surface area contributed by atoms with Crippen LogP contribution < -0.4 is 0 Å². The highest BCUT2D eigenvalue weighted by Crippen LogP contribution is 2.13. The summed E-state index contributed by atoms with van der Waals surface area (Å²) in [5, 5.41) is 0. The van der Waals surface area contributed by atoms with Gasteiger partial charge >= 0.3 is 0 Å². The molecule has 0 saturated heterocycles. The largest absolute Gasteiger partial charge is 0.346 e. The molecule has 14 heavy (non-hydrogen) atoms. The van der Waals surface area contributed by atoms with E-state index in [1.807, 2.05) is 12.1 Å². The summed E-state index contributed by atoms with van der Waals surface area (Å²) in [6.07, 6.45) is 4.77. The predicted octanol–water partition coefficient (Wildman–Crippen LogP) is 1.05. The molecule has 6 heteroatoms. The number of hydrogen-bond donors (Lipinski definition) is 2. The molecule has 2 aromatic rings. The van der Waals surface area contributed by atoms with Gasteiger partial charge in [-0.3, -0.25) is 4.55 Å². The van der Waals surface area contributed by atoms with Gasteiger partial charge in [0.15, 0.2) is 0 Å². The van der Waals surface area contributed by atoms with Gasteiger partial charge in [-0.2, -0.15) is 8.42 Å². The zero-order valence-electron chi connectivity index (χ0n) is 7.08. The average Bonchev–Trinajstić information content (AvgIpc) is 2.73. The minimum absolute atomic E-state index is 0.138. The fraction of sp³-hybridized carbons (Fsp3) is 0. The zero-order valence-corrected chi connectivity index (χ0v) is 7.90. The van der Waals surface area contributed by atoms with Gasteiger partial charge in [0.2, 0.25) is 0 Å². The summed E-state index contributed by atoms with van der Waals surface area (Å²) in [6, 6.07) is 4.98. The van der Waals surface area contributed by atoms with E-state index in [1.165, 1.54) is 12.3 Å². The summed E-state index contributed by atoms with van der Waals surface area (Å²) in [5.74, 6) is 0.586. The SMILES string of the molecule is O=S(=O)(O)c1c[nH]c(-n2cccc2)c1. The Morgan fingerprint density at radius 3 is 2.43 bits per heavy atom. The lowest BCUT2D eigenvalue weighted by Crippen LogP contribution is -1.95. The molecule has 74 valence electrons. The van der Waals surface area contributed by atoms with Crippen molar-refractivity contribution in [2.75, 3.05) is 0 Å². The highest BCUT2D eigenvalue weighted by atomic mass is 32.2. The van der Waals surface area contributed by atoms with Gasteiger partial charge < -0.3 is 9.55 Å². The van der Waals surface area contributed by atoms with Gasteiger partial charge in [0, 0.05) is 24.7 Å². The first-order chi connectivity index (χ1) is 6.57. The Kier molecular flexibility index (Phi) is 1.94. The van der Waals surface area contributed by atoms with E-state index in [9.17, 15) is 8.42 Å². The lowest BCUT2D eigenvalue weighted by atomic mass is 10.6. The number of aromatic nitrogens is 2. The van der Waals surface area contributed by atoms with Crippen LogP contribution in [0.4, 0.5) is 0 Å². The van der Waals surface area contributed by atoms with Gasteiger partial charge in [-0.15, -0.1) is 0 Å². The first kappa shape index (κ1) is 9.04. The summed E-state index contributed by atoms with van der Waals surface area (Å²) >= 11 is 0. The molecule has 0 amide bonds. The summed E-state index contributed by atoms with van der Waals surface area (Å²) in [4.78, 5) is 2.60. The van der Waals surface area contributed by atoms with E-state index >= 15 is 0 Å². The maximum Gasteiger partial charge on any atom is 0.296 e. The van der Waals surface area contributed by atoms with Crippen molar-refractivity contribution in [2.24, 2.45) is 0 Å². The average molecular weight is 212 g/mol. The van der Waals surface area contributed by atoms with Crippen LogP contribution in [-0.4, -0.2) is 22.5 Å². The van der Waals surface area contributed by atoms with E-state index in [4.69, 9.17) is 4.55 Å². The number of hydrogen-bond acceptors (Lipinski definition) is 2. The van der Waals surface area contributed by atoms with Crippen molar-refractivity contribution in [3.63, 3.8) is 0 Å². The van der Waals surface area contributed by atoms with Crippen molar-refractivity contribution in [3.8, 4) is 5.82 Å². The van der Waals surface area contributed by atoms with Crippen molar-refractivity contribution in [1.29, 1.82) is 0 Å². The monoisotopic (exact) mass is 212 g/mol. The van der Waals surface area contributed by atoms with Crippen molar-refractivity contribution in [2.45, 2.75) is 4.90 Å². The molecule has 5 nitrogen and oxygen atoms in total. The van der Waals surface area contributed by atoms with Crippen LogP contribution >= 0.6 is 0 Å². The molecular formula is C8H8N2O3S. The van der Waals surface area contributed by atoms with E-state index in [1.54, 1.807) is 17.0 Å². The van der Waals surface area contributed by atoms with Crippen LogP contribution in [0.25, 0.3) is 5.82 Å². The number of aromatic amines is 1. The van der Waals surface area contributed by atoms with Crippen LogP contribution in [0.5, 0.6) is 0 Å². The third kappa shape index (κ3) is 1.57. The number of H-pyrrole nitrogens is 1. The maximum absolute atomic E-state index is 10.7. The Hall–Kier alpha value is -1.53. The molecule has 0 atom stereocenters. The molecule has 0 aliphatic carbocycles. The molecule has 0 spiro atoms. The molecule has 0 fully saturated rings. The Labute approximate surface area is 80.7 Å². The van der Waals surface area contributed by atoms with Crippen LogP contribution in [-0.2, 0) is 10.1 Å². The Morgan fingerprint density at radius 1 is 1.29 bits per heavy atom. The number of nitrogens with one attached hydrogen (secondary N) is 1. The van der Waals surface area contributed by atoms with Crippen LogP contribution in [0.2, 0.25) is 0 Å². The molecular weight excluding hydrogens is 204 g/mol. The van der Waals surface area contributed by atoms with Gasteiger partial charge in [-0.05, 0) is 12.1 Å². The molecule has 2 N–H and O–H groups in total. The quantitative estimate of drug-likeness (QED) is 0.730. The fourth-order valence-corrected chi connectivity index (χ4v) is 1.62. The second-order valence-electron chi connectivity index (χ2n) is 2.79. The van der Waals surface area contributed by atoms with Crippen molar-refractivity contribution in [3.05, 3.63) is 36.8 Å². The molecule has 0 radical (unpaired) electrons. The molecule has 2 heterocycles. The highest BCUT2D eigenvalue weighted by Gasteiger charge is 2.11. The zero-order chi connectivity index (χ0) is 10.2. The predicted molar refractivity (Wildman–Crippen MR) is 49.9 cm³/mol. The van der Waals surface area contributed by atoms with E-state index in [-0.39, 0.29) is 4.90 Å². The Bertz CT molecular complexity index is 525. The third-order valence-corrected chi connectivity index (χ3v) is 2.65. The highest BCUT2D eigenvalue weighted by molar-refractivity contribution is 7.85. The summed E-state index contributed by atoms with van der Waals surface area (Å²) < 4.78 is 31.9. The van der Waals surface area contributed by atoms with Gasteiger partial charge in [0.05, 0.1) is 0 Å². The second kappa shape index (κ2) is 3.00. The lowest BCUT2D eigenvalue weighted by Gasteiger charge is -1.95. The van der Waals surface area contributed by atoms with Crippen molar-refractivity contribution >= 4 is 10.1 Å². The van der Waals surface area contributed by atoms with Gasteiger partial charge in [-0.1, -0.05) is 0 Å². The number of rotatable bonds is 2. The smallest absolute Gasteiger partial charge is 0.296 e. The normalized spacial score (nSPS) is 11.8. The van der Waals surface area contributed by atoms with Crippen LogP contribution in [0, 0.1) is 0 Å². The maximum atomic E-state index is 10.7. The lowest BCUT2D eigenvalue weighted by molar-refractivity contribution is 0.483. The van der Waals surface area contributed by atoms with Gasteiger partial charge in [0.1, 0.15) is 10.7 Å². The molecule has 0 saturated carbocycles. The van der Waals surface area contributed by atoms with E-state index in [2.05, 4.69) is 4.98 Å². The minimum Gasteiger partial charge on any atom is -0.346 e. The third-order valence-electron chi connectivity index (χ3n) is 1.82. The molecule has 2 aromatic heterocycles. The minimum atomic E-state index is -4.12. The standard InChI is InChI=1S/C8H8N2O3S/c11-14(12,13)7-5-8(9-6-7)10-3-1-2-4-10/h1-6,9H,(H,11,12,13). The molecule has 0 aliphatic rings. The summed E-state index contributed by atoms with van der Waals surface area (Å²) in [5.41, 5.74) is 0. The van der Waals surface area contributed by atoms with Gasteiger partial charge in [0.25, 0.3) is 10.1 Å². The fourth-order valence-electron chi connectivity index (χ4n) is 1.16. The summed E-state index contributed by atoms with van der Waals surface area (Å²) in [6.45, 7) is 0. The topological polar surface area (TPSA) is 75.1 Å². The van der Waals surface area contributed by atoms with Crippen molar-refractivity contribution < 1.29 is 13.0 Å². The first-order valence-electron chi connectivity index (χ1n) is 3.86. The molecule has 0 aromatic carbocycles. The van der Waals surface area contributed by atoms with Crippen molar-refractivity contribution in [1.82, 2.24) is 9.55 Å². The van der Waals surface area contributed by atoms with Crippen LogP contribution in [0.3, 0.4) is 0 Å². The molecule has 0 aliphatic heterocycles. The van der Waals surface area contributed by atoms with E-state index in [0.29, 0.717) is 5.82 Å². The Balaban J connectivity index is 2.46. The van der Waals surface area contributed by atoms with E-state index in [0.717, 1.165) is 0 Å². The molecule has 0 bridgehead atoms. The summed E-state index contributed by atoms with van der Waals surface area (Å²) in [7, 11) is -4.12. The van der Waals surface area contributed by atoms with Crippen LogP contribution in [0.1, 0.15) is 0 Å². The molecule has 0 unspecified atom stereocenters. The van der Waals surface area contributed by atoms with Crippen LogP contribution in [0.15, 0.2) is 41.7 Å². The number of nitrogens with zero attached hydrogens (tertiary/aromatic N) is 1.